The maximum absolute atomic E-state index is 12.9. The van der Waals surface area contributed by atoms with Gasteiger partial charge in [0, 0.05) is 22.9 Å². The molecule has 1 atom stereocenters. The third-order valence-corrected chi connectivity index (χ3v) is 5.45. The number of fused-ring (bicyclic) bond motifs is 1. The second-order valence-electron chi connectivity index (χ2n) is 7.43. The number of carbonyl (C=O) groups excluding carboxylic acids is 1. The molecular weight excluding hydrogens is 424 g/mol. The molecule has 8 heteroatoms. The highest BCUT2D eigenvalue weighted by molar-refractivity contribution is 9.10. The minimum Gasteiger partial charge on any atom is -0.378 e. The fourth-order valence-corrected chi connectivity index (χ4v) is 3.84. The number of benzene rings is 1. The van der Waals surface area contributed by atoms with Crippen molar-refractivity contribution in [3.63, 3.8) is 0 Å². The van der Waals surface area contributed by atoms with Crippen molar-refractivity contribution in [1.29, 1.82) is 0 Å². The molecule has 152 valence electrons. The summed E-state index contributed by atoms with van der Waals surface area (Å²) in [6.07, 6.45) is 0. The summed E-state index contributed by atoms with van der Waals surface area (Å²) in [6.45, 7) is 9.71. The molecule has 1 amide bonds. The van der Waals surface area contributed by atoms with E-state index < -0.39 is 0 Å². The van der Waals surface area contributed by atoms with E-state index in [1.54, 1.807) is 6.07 Å². The van der Waals surface area contributed by atoms with Crippen LogP contribution in [-0.4, -0.2) is 59.5 Å². The average Bonchev–Trinajstić information content (AvgIpc) is 2.88. The van der Waals surface area contributed by atoms with Crippen LogP contribution in [0.3, 0.4) is 0 Å². The van der Waals surface area contributed by atoms with Crippen LogP contribution in [0.15, 0.2) is 27.5 Å². The Morgan fingerprint density at radius 1 is 1.39 bits per heavy atom. The molecule has 1 aliphatic rings. The van der Waals surface area contributed by atoms with Crippen LogP contribution in [0.2, 0.25) is 0 Å². The van der Waals surface area contributed by atoms with E-state index in [2.05, 4.69) is 38.2 Å². The van der Waals surface area contributed by atoms with Crippen LogP contribution in [0.4, 0.5) is 0 Å². The van der Waals surface area contributed by atoms with Gasteiger partial charge in [-0.15, -0.1) is 0 Å². The van der Waals surface area contributed by atoms with Crippen LogP contribution in [0, 0.1) is 0 Å². The van der Waals surface area contributed by atoms with E-state index in [-0.39, 0.29) is 30.0 Å². The van der Waals surface area contributed by atoms with E-state index in [1.807, 2.05) is 26.0 Å². The summed E-state index contributed by atoms with van der Waals surface area (Å²) in [5.41, 5.74) is 0.549. The SMILES string of the molecule is CCN1CCOCC(NC(=O)Cn2nc(C(C)C)c3cc(Br)ccc3c2=O)C1. The number of nitrogens with zero attached hydrogens (tertiary/aromatic N) is 3. The van der Waals surface area contributed by atoms with Gasteiger partial charge in [0.05, 0.1) is 30.3 Å². The summed E-state index contributed by atoms with van der Waals surface area (Å²) in [4.78, 5) is 27.7. The molecule has 0 bridgehead atoms. The van der Waals surface area contributed by atoms with E-state index in [9.17, 15) is 9.59 Å². The molecule has 2 aromatic rings. The lowest BCUT2D eigenvalue weighted by molar-refractivity contribution is -0.123. The number of amides is 1. The van der Waals surface area contributed by atoms with Crippen molar-refractivity contribution < 1.29 is 9.53 Å². The normalized spacial score (nSPS) is 18.4. The minimum absolute atomic E-state index is 0.0911. The Kier molecular flexibility index (Phi) is 6.85. The molecule has 1 aromatic carbocycles. The molecule has 7 nitrogen and oxygen atoms in total. The summed E-state index contributed by atoms with van der Waals surface area (Å²) < 4.78 is 7.76. The van der Waals surface area contributed by atoms with Gasteiger partial charge in [-0.1, -0.05) is 36.7 Å². The van der Waals surface area contributed by atoms with E-state index in [0.717, 1.165) is 35.2 Å². The first-order valence-corrected chi connectivity index (χ1v) is 10.5. The topological polar surface area (TPSA) is 76.5 Å². The maximum Gasteiger partial charge on any atom is 0.275 e. The standard InChI is InChI=1S/C20H27BrN4O3/c1-4-24-7-8-28-12-15(10-24)22-18(26)11-25-20(27)16-6-5-14(21)9-17(16)19(23-25)13(2)3/h5-6,9,13,15H,4,7-8,10-12H2,1-3H3,(H,22,26). The molecule has 0 spiro atoms. The van der Waals surface area contributed by atoms with Gasteiger partial charge in [-0.05, 0) is 30.7 Å². The van der Waals surface area contributed by atoms with Crippen LogP contribution in [-0.2, 0) is 16.1 Å². The molecule has 1 aromatic heterocycles. The first-order chi connectivity index (χ1) is 13.4. The molecule has 3 rings (SSSR count). The monoisotopic (exact) mass is 450 g/mol. The largest absolute Gasteiger partial charge is 0.378 e. The van der Waals surface area contributed by atoms with Gasteiger partial charge < -0.3 is 10.1 Å². The maximum atomic E-state index is 12.9. The number of rotatable bonds is 5. The summed E-state index contributed by atoms with van der Waals surface area (Å²) in [6, 6.07) is 5.43. The number of hydrogen-bond acceptors (Lipinski definition) is 5. The number of nitrogens with one attached hydrogen (secondary N) is 1. The van der Waals surface area contributed by atoms with Crippen LogP contribution in [0.25, 0.3) is 10.8 Å². The van der Waals surface area contributed by atoms with E-state index >= 15 is 0 Å². The van der Waals surface area contributed by atoms with E-state index in [4.69, 9.17) is 4.74 Å². The fraction of sp³-hybridized carbons (Fsp3) is 0.550. The van der Waals surface area contributed by atoms with Crippen molar-refractivity contribution in [2.24, 2.45) is 0 Å². The van der Waals surface area contributed by atoms with E-state index in [0.29, 0.717) is 18.6 Å². The van der Waals surface area contributed by atoms with Crippen molar-refractivity contribution in [1.82, 2.24) is 20.0 Å². The summed E-state index contributed by atoms with van der Waals surface area (Å²) in [7, 11) is 0. The third kappa shape index (κ3) is 4.79. The van der Waals surface area contributed by atoms with Crippen molar-refractivity contribution >= 4 is 32.6 Å². The van der Waals surface area contributed by atoms with Gasteiger partial charge in [0.15, 0.2) is 0 Å². The quantitative estimate of drug-likeness (QED) is 0.754. The van der Waals surface area contributed by atoms with Gasteiger partial charge in [-0.3, -0.25) is 14.5 Å². The molecule has 2 heterocycles. The third-order valence-electron chi connectivity index (χ3n) is 4.95. The number of ether oxygens (including phenoxy) is 1. The Hall–Kier alpha value is -1.77. The molecular formula is C20H27BrN4O3. The Morgan fingerprint density at radius 2 is 2.18 bits per heavy atom. The smallest absolute Gasteiger partial charge is 0.275 e. The molecule has 0 aliphatic carbocycles. The number of carbonyl (C=O) groups is 1. The van der Waals surface area contributed by atoms with Gasteiger partial charge in [0.25, 0.3) is 5.56 Å². The van der Waals surface area contributed by atoms with Crippen molar-refractivity contribution in [3.8, 4) is 0 Å². The van der Waals surface area contributed by atoms with Crippen LogP contribution in [0.5, 0.6) is 0 Å². The Bertz CT molecular complexity index is 912. The Balaban J connectivity index is 1.83. The minimum atomic E-state index is -0.255. The van der Waals surface area contributed by atoms with Crippen LogP contribution >= 0.6 is 15.9 Å². The molecule has 28 heavy (non-hydrogen) atoms. The summed E-state index contributed by atoms with van der Waals surface area (Å²) in [5.74, 6) is -0.104. The lowest BCUT2D eigenvalue weighted by atomic mass is 10.0. The molecule has 1 aliphatic heterocycles. The molecule has 0 radical (unpaired) electrons. The van der Waals surface area contributed by atoms with Gasteiger partial charge in [-0.2, -0.15) is 5.10 Å². The zero-order valence-electron chi connectivity index (χ0n) is 16.6. The summed E-state index contributed by atoms with van der Waals surface area (Å²) in [5, 5.41) is 8.89. The molecule has 1 N–H and O–H groups in total. The van der Waals surface area contributed by atoms with Crippen molar-refractivity contribution in [3.05, 3.63) is 38.7 Å². The number of aromatic nitrogens is 2. The predicted octanol–water partition coefficient (Wildman–Crippen LogP) is 2.12. The number of halogens is 1. The lowest BCUT2D eigenvalue weighted by Gasteiger charge is -2.22. The van der Waals surface area contributed by atoms with Crippen molar-refractivity contribution in [2.75, 3.05) is 32.8 Å². The van der Waals surface area contributed by atoms with Crippen LogP contribution in [0.1, 0.15) is 32.4 Å². The Morgan fingerprint density at radius 3 is 2.89 bits per heavy atom. The van der Waals surface area contributed by atoms with Gasteiger partial charge in [0.1, 0.15) is 6.54 Å². The average molecular weight is 451 g/mol. The summed E-state index contributed by atoms with van der Waals surface area (Å²) >= 11 is 3.45. The highest BCUT2D eigenvalue weighted by Gasteiger charge is 2.21. The Labute approximate surface area is 173 Å². The second-order valence-corrected chi connectivity index (χ2v) is 8.34. The van der Waals surface area contributed by atoms with Gasteiger partial charge >= 0.3 is 0 Å². The molecule has 1 saturated heterocycles. The molecule has 1 unspecified atom stereocenters. The highest BCUT2D eigenvalue weighted by Crippen LogP contribution is 2.24. The van der Waals surface area contributed by atoms with Crippen molar-refractivity contribution in [2.45, 2.75) is 39.3 Å². The molecule has 0 saturated carbocycles. The first kappa shape index (κ1) is 21.0. The predicted molar refractivity (Wildman–Crippen MR) is 113 cm³/mol. The zero-order valence-corrected chi connectivity index (χ0v) is 18.2. The highest BCUT2D eigenvalue weighted by atomic mass is 79.9. The number of hydrogen-bond donors (Lipinski definition) is 1. The second kappa shape index (κ2) is 9.15. The van der Waals surface area contributed by atoms with Gasteiger partial charge in [0.2, 0.25) is 5.91 Å². The molecule has 1 fully saturated rings. The first-order valence-electron chi connectivity index (χ1n) is 9.68. The lowest BCUT2D eigenvalue weighted by Crippen LogP contribution is -2.46. The van der Waals surface area contributed by atoms with E-state index in [1.165, 1.54) is 4.68 Å². The number of likely N-dealkylation sites (N-methyl/N-ethyl adjacent to an activating group) is 1. The zero-order chi connectivity index (χ0) is 20.3. The fourth-order valence-electron chi connectivity index (χ4n) is 3.48. The van der Waals surface area contributed by atoms with Crippen LogP contribution < -0.4 is 10.9 Å². The van der Waals surface area contributed by atoms with Gasteiger partial charge in [-0.25, -0.2) is 4.68 Å².